The first kappa shape index (κ1) is 24.0. The number of sulfone groups is 1. The molecule has 0 bridgehead atoms. The highest BCUT2D eigenvalue weighted by atomic mass is 32.2. The van der Waals surface area contributed by atoms with Crippen LogP contribution >= 0.6 is 0 Å². The lowest BCUT2D eigenvalue weighted by Gasteiger charge is -2.28. The minimum Gasteiger partial charge on any atom is -0.357 e. The Morgan fingerprint density at radius 3 is 2.29 bits per heavy atom. The number of pyridine rings is 1. The average Bonchev–Trinajstić information content (AvgIpc) is 3.02. The number of benzene rings is 1. The number of halogens is 3. The van der Waals surface area contributed by atoms with E-state index in [1.165, 1.54) is 11.3 Å². The summed E-state index contributed by atoms with van der Waals surface area (Å²) in [7, 11) is -5.53. The maximum atomic E-state index is 13.1. The molecule has 4 rings (SSSR count). The van der Waals surface area contributed by atoms with Gasteiger partial charge < -0.3 is 9.80 Å². The number of anilines is 2. The minimum atomic E-state index is -5.53. The summed E-state index contributed by atoms with van der Waals surface area (Å²) in [6, 6.07) is 5.71. The van der Waals surface area contributed by atoms with Crippen LogP contribution in [0.1, 0.15) is 31.7 Å². The Bertz CT molecular complexity index is 1200. The van der Waals surface area contributed by atoms with Crippen LogP contribution in [0.25, 0.3) is 0 Å². The molecule has 1 aromatic heterocycles. The number of piperidine rings is 1. The monoisotopic (exact) mass is 496 g/mol. The molecule has 0 spiro atoms. The first-order chi connectivity index (χ1) is 16.0. The Labute approximate surface area is 194 Å². The molecule has 2 fully saturated rings. The van der Waals surface area contributed by atoms with Crippen LogP contribution in [0.5, 0.6) is 0 Å². The number of imide groups is 1. The van der Waals surface area contributed by atoms with Crippen LogP contribution in [0.15, 0.2) is 47.5 Å². The number of alkyl halides is 3. The molecular formula is C22H23F3N4O4S. The van der Waals surface area contributed by atoms with Gasteiger partial charge in [-0.25, -0.2) is 23.1 Å². The molecule has 0 N–H and O–H groups in total. The van der Waals surface area contributed by atoms with E-state index in [9.17, 15) is 31.2 Å². The minimum absolute atomic E-state index is 0.00536. The molecule has 182 valence electrons. The number of urea groups is 1. The Hall–Kier alpha value is -3.15. The number of amides is 3. The molecule has 0 saturated carbocycles. The largest absolute Gasteiger partial charge is 0.501 e. The molecule has 1 atom stereocenters. The number of hydrogen-bond donors (Lipinski definition) is 0. The zero-order valence-electron chi connectivity index (χ0n) is 18.3. The third-order valence-corrected chi connectivity index (χ3v) is 7.54. The van der Waals surface area contributed by atoms with Crippen molar-refractivity contribution < 1.29 is 31.2 Å². The first-order valence-electron chi connectivity index (χ1n) is 10.8. The van der Waals surface area contributed by atoms with Crippen molar-refractivity contribution in [2.45, 2.75) is 49.2 Å². The first-order valence-corrected chi connectivity index (χ1v) is 12.2. The highest BCUT2D eigenvalue weighted by Crippen LogP contribution is 2.33. The highest BCUT2D eigenvalue weighted by Gasteiger charge is 2.47. The predicted octanol–water partition coefficient (Wildman–Crippen LogP) is 3.72. The van der Waals surface area contributed by atoms with Crippen LogP contribution in [0.3, 0.4) is 0 Å². The van der Waals surface area contributed by atoms with Gasteiger partial charge in [0.2, 0.25) is 0 Å². The average molecular weight is 497 g/mol. The van der Waals surface area contributed by atoms with E-state index in [0.29, 0.717) is 0 Å². The van der Waals surface area contributed by atoms with Crippen LogP contribution in [0, 0.1) is 0 Å². The predicted molar refractivity (Wildman–Crippen MR) is 118 cm³/mol. The quantitative estimate of drug-likeness (QED) is 0.586. The van der Waals surface area contributed by atoms with E-state index in [1.54, 1.807) is 19.2 Å². The Morgan fingerprint density at radius 2 is 1.68 bits per heavy atom. The van der Waals surface area contributed by atoms with Crippen LogP contribution in [-0.2, 0) is 21.2 Å². The van der Waals surface area contributed by atoms with Crippen LogP contribution in [0.4, 0.5) is 29.5 Å². The number of hydrogen-bond acceptors (Lipinski definition) is 6. The summed E-state index contributed by atoms with van der Waals surface area (Å²) in [5, 5.41) is 0. The van der Waals surface area contributed by atoms with E-state index in [-0.39, 0.29) is 12.2 Å². The van der Waals surface area contributed by atoms with Gasteiger partial charge in [0.15, 0.2) is 0 Å². The molecule has 12 heteroatoms. The second kappa shape index (κ2) is 8.90. The summed E-state index contributed by atoms with van der Waals surface area (Å²) >= 11 is 0. The zero-order chi connectivity index (χ0) is 24.7. The number of carbonyl (C=O) groups excluding carboxylic acids is 2. The molecule has 2 aliphatic rings. The fourth-order valence-corrected chi connectivity index (χ4v) is 4.87. The zero-order valence-corrected chi connectivity index (χ0v) is 19.1. The van der Waals surface area contributed by atoms with Crippen molar-refractivity contribution in [3.8, 4) is 0 Å². The molecule has 2 saturated heterocycles. The van der Waals surface area contributed by atoms with Crippen LogP contribution < -0.4 is 9.80 Å². The van der Waals surface area contributed by atoms with E-state index in [0.717, 1.165) is 66.5 Å². The van der Waals surface area contributed by atoms with Gasteiger partial charge in [0.05, 0.1) is 10.6 Å². The smallest absolute Gasteiger partial charge is 0.357 e. The standard InChI is InChI=1S/C22H23F3N4O4S/c1-15-20(30)29(17-5-7-18(8-6-17)34(32,33)22(23,24)25)21(31)28(15)14-16-9-10-26-19(13-16)27-11-3-2-4-12-27/h5-10,13,15H,2-4,11-12,14H2,1H3. The summed E-state index contributed by atoms with van der Waals surface area (Å²) in [6.45, 7) is 3.52. The summed E-state index contributed by atoms with van der Waals surface area (Å²) in [6.07, 6.45) is 5.00. The van der Waals surface area contributed by atoms with Crippen molar-refractivity contribution in [2.75, 3.05) is 22.9 Å². The summed E-state index contributed by atoms with van der Waals surface area (Å²) in [4.78, 5) is 33.7. The molecule has 34 heavy (non-hydrogen) atoms. The van der Waals surface area contributed by atoms with Gasteiger partial charge in [-0.2, -0.15) is 13.2 Å². The maximum Gasteiger partial charge on any atom is 0.501 e. The molecule has 2 aliphatic heterocycles. The van der Waals surface area contributed by atoms with Crippen molar-refractivity contribution >= 4 is 33.3 Å². The van der Waals surface area contributed by atoms with Crippen molar-refractivity contribution in [3.63, 3.8) is 0 Å². The molecule has 1 aromatic carbocycles. The number of carbonyl (C=O) groups is 2. The van der Waals surface area contributed by atoms with E-state index >= 15 is 0 Å². The summed E-state index contributed by atoms with van der Waals surface area (Å²) < 4.78 is 61.5. The van der Waals surface area contributed by atoms with Crippen molar-refractivity contribution in [1.82, 2.24) is 9.88 Å². The van der Waals surface area contributed by atoms with Gasteiger partial charge in [-0.15, -0.1) is 0 Å². The van der Waals surface area contributed by atoms with Crippen molar-refractivity contribution in [1.29, 1.82) is 0 Å². The lowest BCUT2D eigenvalue weighted by molar-refractivity contribution is -0.119. The second-order valence-electron chi connectivity index (χ2n) is 8.27. The Morgan fingerprint density at radius 1 is 1.03 bits per heavy atom. The van der Waals surface area contributed by atoms with Gasteiger partial charge in [-0.3, -0.25) is 4.79 Å². The topological polar surface area (TPSA) is 90.9 Å². The van der Waals surface area contributed by atoms with Gasteiger partial charge in [0.1, 0.15) is 11.9 Å². The van der Waals surface area contributed by atoms with Crippen molar-refractivity contribution in [2.24, 2.45) is 0 Å². The Balaban J connectivity index is 1.54. The van der Waals surface area contributed by atoms with E-state index in [2.05, 4.69) is 9.88 Å². The third kappa shape index (κ3) is 4.33. The molecule has 3 heterocycles. The van der Waals surface area contributed by atoms with Gasteiger partial charge in [0, 0.05) is 25.8 Å². The molecular weight excluding hydrogens is 473 g/mol. The normalized spacial score (nSPS) is 19.8. The van der Waals surface area contributed by atoms with E-state index in [4.69, 9.17) is 0 Å². The molecule has 1 unspecified atom stereocenters. The molecule has 3 amide bonds. The number of aromatic nitrogens is 1. The molecule has 0 aliphatic carbocycles. The fourth-order valence-electron chi connectivity index (χ4n) is 4.11. The van der Waals surface area contributed by atoms with Crippen molar-refractivity contribution in [3.05, 3.63) is 48.2 Å². The third-order valence-electron chi connectivity index (χ3n) is 6.04. The molecule has 8 nitrogen and oxygen atoms in total. The SMILES string of the molecule is CC1C(=O)N(c2ccc(S(=O)(=O)C(F)(F)F)cc2)C(=O)N1Cc1ccnc(N2CCCCC2)c1. The number of rotatable bonds is 5. The van der Waals surface area contributed by atoms with Crippen LogP contribution in [-0.4, -0.2) is 54.9 Å². The highest BCUT2D eigenvalue weighted by molar-refractivity contribution is 7.92. The molecule has 0 radical (unpaired) electrons. The second-order valence-corrected chi connectivity index (χ2v) is 10.2. The van der Waals surface area contributed by atoms with Gasteiger partial charge in [0.25, 0.3) is 15.7 Å². The lowest BCUT2D eigenvalue weighted by Crippen LogP contribution is -2.34. The lowest BCUT2D eigenvalue weighted by atomic mass is 10.1. The summed E-state index contributed by atoms with van der Waals surface area (Å²) in [5.74, 6) is 0.253. The van der Waals surface area contributed by atoms with Crippen LogP contribution in [0.2, 0.25) is 0 Å². The van der Waals surface area contributed by atoms with E-state index < -0.39 is 38.2 Å². The van der Waals surface area contributed by atoms with E-state index in [1.807, 2.05) is 6.07 Å². The summed E-state index contributed by atoms with van der Waals surface area (Å²) in [5.41, 5.74) is -4.66. The fraction of sp³-hybridized carbons (Fsp3) is 0.409. The van der Waals surface area contributed by atoms with Gasteiger partial charge >= 0.3 is 11.5 Å². The Kier molecular flexibility index (Phi) is 6.28. The van der Waals surface area contributed by atoms with Gasteiger partial charge in [-0.05, 0) is 68.1 Å². The maximum absolute atomic E-state index is 13.1. The molecule has 2 aromatic rings. The van der Waals surface area contributed by atoms with Gasteiger partial charge in [-0.1, -0.05) is 0 Å². The number of nitrogens with zero attached hydrogens (tertiary/aromatic N) is 4.